The molecule has 0 unspecified atom stereocenters. The van der Waals surface area contributed by atoms with E-state index in [-0.39, 0.29) is 6.61 Å². The molecule has 0 bridgehead atoms. The number of aliphatic hydroxyl groups is 1. The summed E-state index contributed by atoms with van der Waals surface area (Å²) < 4.78 is 5.12. The Bertz CT molecular complexity index is 406. The summed E-state index contributed by atoms with van der Waals surface area (Å²) in [5.74, 6) is 0.567. The lowest BCUT2D eigenvalue weighted by atomic mass is 10.1. The van der Waals surface area contributed by atoms with Gasteiger partial charge in [-0.05, 0) is 6.07 Å². The van der Waals surface area contributed by atoms with Gasteiger partial charge in [0.05, 0.1) is 0 Å². The minimum Gasteiger partial charge on any atom is -0.466 e. The normalized spacial score (nSPS) is 10.8. The smallest absolute Gasteiger partial charge is 0.137 e. The number of furan rings is 1. The number of nitrogen functional groups attached to an aromatic ring is 1. The zero-order valence-electron chi connectivity index (χ0n) is 6.45. The van der Waals surface area contributed by atoms with Crippen molar-refractivity contribution in [1.82, 2.24) is 0 Å². The molecule has 1 heterocycles. The molecule has 0 saturated heterocycles. The molecule has 3 heteroatoms. The van der Waals surface area contributed by atoms with Gasteiger partial charge in [-0.1, -0.05) is 12.1 Å². The predicted octanol–water partition coefficient (Wildman–Crippen LogP) is 1.51. The topological polar surface area (TPSA) is 59.4 Å². The minimum atomic E-state index is -0.0903. The highest BCUT2D eigenvalue weighted by atomic mass is 16.4. The van der Waals surface area contributed by atoms with Gasteiger partial charge in [0.25, 0.3) is 0 Å². The number of hydrogen-bond acceptors (Lipinski definition) is 3. The Labute approximate surface area is 69.4 Å². The molecule has 0 aliphatic rings. The molecule has 12 heavy (non-hydrogen) atoms. The molecule has 62 valence electrons. The average molecular weight is 163 g/mol. The first-order valence-electron chi connectivity index (χ1n) is 3.68. The van der Waals surface area contributed by atoms with E-state index in [2.05, 4.69) is 0 Å². The van der Waals surface area contributed by atoms with Gasteiger partial charge in [-0.2, -0.15) is 0 Å². The van der Waals surface area contributed by atoms with Crippen LogP contribution in [0.2, 0.25) is 0 Å². The van der Waals surface area contributed by atoms with Gasteiger partial charge in [-0.25, -0.2) is 0 Å². The van der Waals surface area contributed by atoms with E-state index in [0.717, 1.165) is 10.8 Å². The van der Waals surface area contributed by atoms with Crippen LogP contribution < -0.4 is 5.73 Å². The molecule has 0 atom stereocenters. The molecule has 3 nitrogen and oxygen atoms in total. The molecule has 3 N–H and O–H groups in total. The largest absolute Gasteiger partial charge is 0.466 e. The van der Waals surface area contributed by atoms with Crippen molar-refractivity contribution in [3.63, 3.8) is 0 Å². The summed E-state index contributed by atoms with van der Waals surface area (Å²) in [6, 6.07) is 5.52. The third kappa shape index (κ3) is 0.871. The first kappa shape index (κ1) is 7.18. The van der Waals surface area contributed by atoms with Crippen LogP contribution in [0.3, 0.4) is 0 Å². The summed E-state index contributed by atoms with van der Waals surface area (Å²) in [6.07, 6.45) is 1.57. The second-order valence-corrected chi connectivity index (χ2v) is 2.63. The van der Waals surface area contributed by atoms with Gasteiger partial charge in [0, 0.05) is 16.5 Å². The molecule has 0 amide bonds. The van der Waals surface area contributed by atoms with Crippen molar-refractivity contribution in [2.24, 2.45) is 0 Å². The molecule has 2 rings (SSSR count). The van der Waals surface area contributed by atoms with Gasteiger partial charge in [0.1, 0.15) is 18.6 Å². The van der Waals surface area contributed by atoms with Crippen molar-refractivity contribution in [3.8, 4) is 0 Å². The molecule has 0 radical (unpaired) electrons. The van der Waals surface area contributed by atoms with Crippen LogP contribution in [0.1, 0.15) is 5.76 Å². The first-order valence-corrected chi connectivity index (χ1v) is 3.68. The van der Waals surface area contributed by atoms with E-state index in [0.29, 0.717) is 11.4 Å². The van der Waals surface area contributed by atoms with Crippen LogP contribution in [0.4, 0.5) is 5.69 Å². The molecular weight excluding hydrogens is 154 g/mol. The van der Waals surface area contributed by atoms with Crippen LogP contribution in [-0.2, 0) is 6.61 Å². The Morgan fingerprint density at radius 1 is 1.33 bits per heavy atom. The van der Waals surface area contributed by atoms with E-state index in [1.165, 1.54) is 0 Å². The summed E-state index contributed by atoms with van der Waals surface area (Å²) in [4.78, 5) is 0. The second-order valence-electron chi connectivity index (χ2n) is 2.63. The van der Waals surface area contributed by atoms with Crippen LogP contribution in [0.25, 0.3) is 10.8 Å². The fraction of sp³-hybridized carbons (Fsp3) is 0.111. The van der Waals surface area contributed by atoms with Crippen molar-refractivity contribution < 1.29 is 9.52 Å². The second kappa shape index (κ2) is 2.53. The van der Waals surface area contributed by atoms with Gasteiger partial charge in [-0.15, -0.1) is 0 Å². The van der Waals surface area contributed by atoms with Crippen LogP contribution in [0.15, 0.2) is 28.9 Å². The molecule has 0 spiro atoms. The Morgan fingerprint density at radius 3 is 2.92 bits per heavy atom. The van der Waals surface area contributed by atoms with E-state index in [4.69, 9.17) is 15.3 Å². The minimum absolute atomic E-state index is 0.0903. The standard InChI is InChI=1S/C9H9NO2/c10-8-3-1-2-6-7(8)5-12-9(6)4-11/h1-3,5,11H,4,10H2. The maximum absolute atomic E-state index is 8.88. The molecule has 0 aliphatic carbocycles. The van der Waals surface area contributed by atoms with Crippen molar-refractivity contribution in [1.29, 1.82) is 0 Å². The maximum atomic E-state index is 8.88. The van der Waals surface area contributed by atoms with E-state index < -0.39 is 0 Å². The van der Waals surface area contributed by atoms with Crippen molar-refractivity contribution >= 4 is 16.5 Å². The van der Waals surface area contributed by atoms with Gasteiger partial charge < -0.3 is 15.3 Å². The van der Waals surface area contributed by atoms with E-state index >= 15 is 0 Å². The molecule has 1 aromatic heterocycles. The third-order valence-electron chi connectivity index (χ3n) is 1.90. The molecule has 1 aromatic carbocycles. The fourth-order valence-corrected chi connectivity index (χ4v) is 1.27. The zero-order valence-corrected chi connectivity index (χ0v) is 6.45. The number of hydrogen-bond donors (Lipinski definition) is 2. The Hall–Kier alpha value is -1.48. The fourth-order valence-electron chi connectivity index (χ4n) is 1.27. The zero-order chi connectivity index (χ0) is 8.55. The SMILES string of the molecule is Nc1cccc2c(CO)occ12. The first-order chi connectivity index (χ1) is 5.83. The average Bonchev–Trinajstić information content (AvgIpc) is 2.49. The molecular formula is C9H9NO2. The Morgan fingerprint density at radius 2 is 2.17 bits per heavy atom. The Kier molecular flexibility index (Phi) is 1.52. The van der Waals surface area contributed by atoms with Crippen LogP contribution in [0, 0.1) is 0 Å². The highest BCUT2D eigenvalue weighted by molar-refractivity contribution is 5.93. The highest BCUT2D eigenvalue weighted by Crippen LogP contribution is 2.25. The van der Waals surface area contributed by atoms with Gasteiger partial charge in [0.15, 0.2) is 0 Å². The van der Waals surface area contributed by atoms with E-state index in [9.17, 15) is 0 Å². The quantitative estimate of drug-likeness (QED) is 0.626. The van der Waals surface area contributed by atoms with Gasteiger partial charge in [0.2, 0.25) is 0 Å². The van der Waals surface area contributed by atoms with Crippen molar-refractivity contribution in [2.75, 3.05) is 5.73 Å². The lowest BCUT2D eigenvalue weighted by Gasteiger charge is -1.93. The van der Waals surface area contributed by atoms with Crippen LogP contribution >= 0.6 is 0 Å². The summed E-state index contributed by atoms with van der Waals surface area (Å²) in [5.41, 5.74) is 6.36. The molecule has 0 aliphatic heterocycles. The number of nitrogens with two attached hydrogens (primary N) is 1. The van der Waals surface area contributed by atoms with Crippen LogP contribution in [0.5, 0.6) is 0 Å². The van der Waals surface area contributed by atoms with Gasteiger partial charge >= 0.3 is 0 Å². The van der Waals surface area contributed by atoms with Gasteiger partial charge in [-0.3, -0.25) is 0 Å². The van der Waals surface area contributed by atoms with E-state index in [1.54, 1.807) is 12.3 Å². The third-order valence-corrected chi connectivity index (χ3v) is 1.90. The predicted molar refractivity (Wildman–Crippen MR) is 46.5 cm³/mol. The summed E-state index contributed by atoms with van der Waals surface area (Å²) in [5, 5.41) is 10.6. The molecule has 2 aromatic rings. The number of aliphatic hydroxyl groups excluding tert-OH is 1. The number of anilines is 1. The van der Waals surface area contributed by atoms with E-state index in [1.807, 2.05) is 12.1 Å². The van der Waals surface area contributed by atoms with Crippen LogP contribution in [-0.4, -0.2) is 5.11 Å². The summed E-state index contributed by atoms with van der Waals surface area (Å²) in [6.45, 7) is -0.0903. The lowest BCUT2D eigenvalue weighted by molar-refractivity contribution is 0.249. The Balaban J connectivity index is 2.80. The molecule has 0 saturated carbocycles. The molecule has 0 fully saturated rings. The van der Waals surface area contributed by atoms with Crippen molar-refractivity contribution in [2.45, 2.75) is 6.61 Å². The number of rotatable bonds is 1. The maximum Gasteiger partial charge on any atom is 0.137 e. The summed E-state index contributed by atoms with van der Waals surface area (Å²) in [7, 11) is 0. The number of fused-ring (bicyclic) bond motifs is 1. The van der Waals surface area contributed by atoms with Crippen molar-refractivity contribution in [3.05, 3.63) is 30.2 Å². The highest BCUT2D eigenvalue weighted by Gasteiger charge is 2.05. The summed E-state index contributed by atoms with van der Waals surface area (Å²) >= 11 is 0. The number of benzene rings is 1. The lowest BCUT2D eigenvalue weighted by Crippen LogP contribution is -1.84. The monoisotopic (exact) mass is 163 g/mol.